The second-order valence-electron chi connectivity index (χ2n) is 10.7. The summed E-state index contributed by atoms with van der Waals surface area (Å²) >= 11 is 5.86. The minimum Gasteiger partial charge on any atom is -0.273 e. The van der Waals surface area contributed by atoms with Gasteiger partial charge in [0.1, 0.15) is 10.6 Å². The molecule has 5 fully saturated rings. The molecule has 7 rings (SSSR count). The number of hydrogen-bond acceptors (Lipinski definition) is 5. The average molecular weight is 506 g/mol. The molecule has 0 aromatic heterocycles. The standard InChI is InChI=1S/C27H24ClN3O5/c28-22-6-1-15(11-23(22)31(35)36)10-21-24(32)29-26(34)30(25(21)33)20-4-2-19(3-5-20)27-12-16-7-17(13-27)9-18(8-16)14-27/h1-6,10-11,16-18H,7-9,12-14H2,(H,29,32,34)/b21-10+. The highest BCUT2D eigenvalue weighted by Gasteiger charge is 2.51. The first-order chi connectivity index (χ1) is 17.2. The summed E-state index contributed by atoms with van der Waals surface area (Å²) in [4.78, 5) is 49.9. The molecule has 2 aromatic carbocycles. The fourth-order valence-corrected chi connectivity index (χ4v) is 7.43. The molecule has 0 unspecified atom stereocenters. The van der Waals surface area contributed by atoms with Crippen LogP contribution in [0.25, 0.3) is 6.08 Å². The van der Waals surface area contributed by atoms with Crippen LogP contribution in [0, 0.1) is 27.9 Å². The topological polar surface area (TPSA) is 110 Å². The maximum Gasteiger partial charge on any atom is 0.335 e. The quantitative estimate of drug-likeness (QED) is 0.259. The van der Waals surface area contributed by atoms with Gasteiger partial charge in [0.05, 0.1) is 10.6 Å². The molecule has 0 radical (unpaired) electrons. The monoisotopic (exact) mass is 505 g/mol. The van der Waals surface area contributed by atoms with Crippen molar-refractivity contribution in [3.8, 4) is 0 Å². The summed E-state index contributed by atoms with van der Waals surface area (Å²) in [5.41, 5.74) is 1.42. The van der Waals surface area contributed by atoms with Crippen LogP contribution in [0.3, 0.4) is 0 Å². The normalized spacial score (nSPS) is 30.1. The number of hydrogen-bond donors (Lipinski definition) is 1. The van der Waals surface area contributed by atoms with Crippen molar-refractivity contribution >= 4 is 46.9 Å². The molecule has 36 heavy (non-hydrogen) atoms. The molecule has 0 atom stereocenters. The Hall–Kier alpha value is -3.52. The lowest BCUT2D eigenvalue weighted by atomic mass is 9.48. The first kappa shape index (κ1) is 22.9. The maximum atomic E-state index is 13.3. The van der Waals surface area contributed by atoms with Crippen LogP contribution >= 0.6 is 11.6 Å². The Balaban J connectivity index is 1.29. The van der Waals surface area contributed by atoms with E-state index >= 15 is 0 Å². The number of nitrogens with zero attached hydrogens (tertiary/aromatic N) is 2. The van der Waals surface area contributed by atoms with Crippen molar-refractivity contribution in [3.63, 3.8) is 0 Å². The van der Waals surface area contributed by atoms with Crippen LogP contribution in [0.15, 0.2) is 48.0 Å². The van der Waals surface area contributed by atoms with Gasteiger partial charge in [0.25, 0.3) is 17.5 Å². The number of urea groups is 1. The van der Waals surface area contributed by atoms with Crippen molar-refractivity contribution in [1.29, 1.82) is 0 Å². The van der Waals surface area contributed by atoms with Crippen molar-refractivity contribution in [2.24, 2.45) is 17.8 Å². The molecular formula is C27H24ClN3O5. The van der Waals surface area contributed by atoms with E-state index in [1.807, 2.05) is 12.1 Å². The van der Waals surface area contributed by atoms with E-state index in [4.69, 9.17) is 11.6 Å². The number of imide groups is 2. The number of benzene rings is 2. The zero-order valence-electron chi connectivity index (χ0n) is 19.4. The summed E-state index contributed by atoms with van der Waals surface area (Å²) < 4.78 is 0. The van der Waals surface area contributed by atoms with Gasteiger partial charge < -0.3 is 0 Å². The van der Waals surface area contributed by atoms with E-state index in [0.717, 1.165) is 22.7 Å². The van der Waals surface area contributed by atoms with Gasteiger partial charge in [-0.3, -0.25) is 25.0 Å². The van der Waals surface area contributed by atoms with E-state index < -0.39 is 22.8 Å². The first-order valence-corrected chi connectivity index (χ1v) is 12.6. The number of nitro benzene ring substituents is 1. The highest BCUT2D eigenvalue weighted by molar-refractivity contribution is 6.39. The largest absolute Gasteiger partial charge is 0.335 e. The lowest BCUT2D eigenvalue weighted by Gasteiger charge is -2.57. The van der Waals surface area contributed by atoms with Crippen LogP contribution in [0.4, 0.5) is 16.2 Å². The van der Waals surface area contributed by atoms with Crippen molar-refractivity contribution < 1.29 is 19.3 Å². The molecule has 5 aliphatic rings. The molecule has 4 bridgehead atoms. The van der Waals surface area contributed by atoms with Gasteiger partial charge in [-0.15, -0.1) is 0 Å². The van der Waals surface area contributed by atoms with Crippen LogP contribution in [0.2, 0.25) is 5.02 Å². The number of nitrogens with one attached hydrogen (secondary N) is 1. The maximum absolute atomic E-state index is 13.3. The van der Waals surface area contributed by atoms with Crippen LogP contribution < -0.4 is 10.2 Å². The molecule has 0 spiro atoms. The van der Waals surface area contributed by atoms with Gasteiger partial charge in [0.15, 0.2) is 0 Å². The average Bonchev–Trinajstić information content (AvgIpc) is 2.82. The third-order valence-electron chi connectivity index (χ3n) is 8.36. The molecule has 9 heteroatoms. The Morgan fingerprint density at radius 3 is 2.17 bits per heavy atom. The molecule has 1 aliphatic heterocycles. The molecule has 184 valence electrons. The highest BCUT2D eigenvalue weighted by Crippen LogP contribution is 2.60. The summed E-state index contributed by atoms with van der Waals surface area (Å²) in [6.45, 7) is 0. The molecule has 4 saturated carbocycles. The second-order valence-corrected chi connectivity index (χ2v) is 11.1. The van der Waals surface area contributed by atoms with E-state index in [1.54, 1.807) is 12.1 Å². The van der Waals surface area contributed by atoms with Gasteiger partial charge in [0, 0.05) is 6.07 Å². The van der Waals surface area contributed by atoms with Gasteiger partial charge >= 0.3 is 6.03 Å². The van der Waals surface area contributed by atoms with Crippen molar-refractivity contribution in [2.75, 3.05) is 4.90 Å². The van der Waals surface area contributed by atoms with Crippen LogP contribution in [-0.2, 0) is 15.0 Å². The van der Waals surface area contributed by atoms with E-state index in [2.05, 4.69) is 5.32 Å². The Bertz CT molecular complexity index is 1310. The number of anilines is 1. The zero-order valence-corrected chi connectivity index (χ0v) is 20.2. The fraction of sp³-hybridized carbons (Fsp3) is 0.370. The Morgan fingerprint density at radius 2 is 1.58 bits per heavy atom. The van der Waals surface area contributed by atoms with Crippen LogP contribution in [0.5, 0.6) is 0 Å². The van der Waals surface area contributed by atoms with Crippen LogP contribution in [-0.4, -0.2) is 22.8 Å². The SMILES string of the molecule is O=C1NC(=O)N(c2ccc(C34CC5CC(CC(C5)C3)C4)cc2)C(=O)/C1=C/c1ccc(Cl)c([N+](=O)[O-])c1. The summed E-state index contributed by atoms with van der Waals surface area (Å²) in [6, 6.07) is 10.7. The number of amides is 4. The Kier molecular flexibility index (Phi) is 5.26. The Labute approximate surface area is 212 Å². The number of carbonyl (C=O) groups excluding carboxylic acids is 3. The Morgan fingerprint density at radius 1 is 0.972 bits per heavy atom. The predicted octanol–water partition coefficient (Wildman–Crippen LogP) is 5.38. The molecule has 1 saturated heterocycles. The third kappa shape index (κ3) is 3.71. The van der Waals surface area contributed by atoms with Gasteiger partial charge in [-0.25, -0.2) is 9.69 Å². The lowest BCUT2D eigenvalue weighted by Crippen LogP contribution is -2.54. The first-order valence-electron chi connectivity index (χ1n) is 12.2. The lowest BCUT2D eigenvalue weighted by molar-refractivity contribution is -0.384. The minimum absolute atomic E-state index is 0.0579. The molecule has 1 heterocycles. The van der Waals surface area contributed by atoms with E-state index in [0.29, 0.717) is 5.69 Å². The molecule has 4 aliphatic carbocycles. The van der Waals surface area contributed by atoms with Crippen molar-refractivity contribution in [2.45, 2.75) is 43.9 Å². The van der Waals surface area contributed by atoms with Crippen molar-refractivity contribution in [1.82, 2.24) is 5.32 Å². The van der Waals surface area contributed by atoms with Gasteiger partial charge in [-0.2, -0.15) is 0 Å². The van der Waals surface area contributed by atoms with Crippen molar-refractivity contribution in [3.05, 3.63) is 74.3 Å². The summed E-state index contributed by atoms with van der Waals surface area (Å²) in [5, 5.41) is 13.3. The van der Waals surface area contributed by atoms with Gasteiger partial charge in [-0.05, 0) is 97.1 Å². The number of carbonyl (C=O) groups is 3. The molecule has 4 amide bonds. The number of nitro groups is 1. The summed E-state index contributed by atoms with van der Waals surface area (Å²) in [5.74, 6) is 0.751. The summed E-state index contributed by atoms with van der Waals surface area (Å²) in [6.07, 6.45) is 8.88. The molecular weight excluding hydrogens is 482 g/mol. The molecule has 8 nitrogen and oxygen atoms in total. The fourth-order valence-electron chi connectivity index (χ4n) is 7.25. The number of halogens is 1. The number of barbiturate groups is 1. The molecule has 1 N–H and O–H groups in total. The minimum atomic E-state index is -0.857. The summed E-state index contributed by atoms with van der Waals surface area (Å²) in [7, 11) is 0. The highest BCUT2D eigenvalue weighted by atomic mass is 35.5. The molecule has 2 aromatic rings. The third-order valence-corrected chi connectivity index (χ3v) is 8.68. The smallest absolute Gasteiger partial charge is 0.273 e. The number of rotatable bonds is 4. The van der Waals surface area contributed by atoms with E-state index in [-0.39, 0.29) is 27.3 Å². The van der Waals surface area contributed by atoms with Gasteiger partial charge in [0.2, 0.25) is 0 Å². The van der Waals surface area contributed by atoms with E-state index in [1.165, 1.54) is 68.4 Å². The van der Waals surface area contributed by atoms with Crippen LogP contribution in [0.1, 0.15) is 49.7 Å². The predicted molar refractivity (Wildman–Crippen MR) is 133 cm³/mol. The zero-order chi connectivity index (χ0) is 25.2. The van der Waals surface area contributed by atoms with E-state index in [9.17, 15) is 24.5 Å². The second kappa shape index (κ2) is 8.27. The van der Waals surface area contributed by atoms with Gasteiger partial charge in [-0.1, -0.05) is 29.8 Å².